The lowest BCUT2D eigenvalue weighted by molar-refractivity contribution is -0.148. The second-order valence-electron chi connectivity index (χ2n) is 8.00. The molecule has 0 radical (unpaired) electrons. The van der Waals surface area contributed by atoms with Crippen molar-refractivity contribution in [3.8, 4) is 0 Å². The lowest BCUT2D eigenvalue weighted by Gasteiger charge is -2.61. The molecule has 0 N–H and O–H groups in total. The van der Waals surface area contributed by atoms with Crippen molar-refractivity contribution in [1.82, 2.24) is 4.90 Å². The Morgan fingerprint density at radius 2 is 1.58 bits per heavy atom. The number of piperidine rings is 1. The van der Waals surface area contributed by atoms with Crippen molar-refractivity contribution >= 4 is 5.91 Å². The molecule has 0 spiro atoms. The van der Waals surface area contributed by atoms with Gasteiger partial charge in [0.05, 0.1) is 0 Å². The van der Waals surface area contributed by atoms with Crippen LogP contribution in [0.3, 0.4) is 0 Å². The summed E-state index contributed by atoms with van der Waals surface area (Å²) in [5, 5.41) is 0. The summed E-state index contributed by atoms with van der Waals surface area (Å²) >= 11 is 0. The Kier molecular flexibility index (Phi) is 2.72. The molecule has 1 amide bonds. The molecule has 5 fully saturated rings. The SMILES string of the molecule is CC(=O)N1CCCC[C@@H]1C12CC3CC(CC(C3)C1)C2. The first-order chi connectivity index (χ1) is 9.16. The molecule has 1 saturated heterocycles. The quantitative estimate of drug-likeness (QED) is 0.706. The van der Waals surface area contributed by atoms with E-state index in [-0.39, 0.29) is 0 Å². The van der Waals surface area contributed by atoms with Crippen LogP contribution >= 0.6 is 0 Å². The average molecular weight is 261 g/mol. The van der Waals surface area contributed by atoms with Gasteiger partial charge in [-0.2, -0.15) is 0 Å². The van der Waals surface area contributed by atoms with E-state index in [1.54, 1.807) is 6.92 Å². The molecular weight excluding hydrogens is 234 g/mol. The van der Waals surface area contributed by atoms with Crippen LogP contribution in [0.4, 0.5) is 0 Å². The number of likely N-dealkylation sites (tertiary alicyclic amines) is 1. The van der Waals surface area contributed by atoms with Crippen LogP contribution in [0.2, 0.25) is 0 Å². The smallest absolute Gasteiger partial charge is 0.219 e. The monoisotopic (exact) mass is 261 g/mol. The fraction of sp³-hybridized carbons (Fsp3) is 0.941. The molecule has 2 nitrogen and oxygen atoms in total. The third kappa shape index (κ3) is 1.86. The van der Waals surface area contributed by atoms with Crippen molar-refractivity contribution < 1.29 is 4.79 Å². The van der Waals surface area contributed by atoms with Crippen LogP contribution in [0.5, 0.6) is 0 Å². The Morgan fingerprint density at radius 3 is 2.11 bits per heavy atom. The summed E-state index contributed by atoms with van der Waals surface area (Å²) in [7, 11) is 0. The van der Waals surface area contributed by atoms with Crippen LogP contribution in [0.25, 0.3) is 0 Å². The second kappa shape index (κ2) is 4.23. The normalized spacial score (nSPS) is 48.6. The van der Waals surface area contributed by atoms with Gasteiger partial charge in [0.1, 0.15) is 0 Å². The predicted molar refractivity (Wildman–Crippen MR) is 75.6 cm³/mol. The van der Waals surface area contributed by atoms with Gasteiger partial charge in [-0.15, -0.1) is 0 Å². The standard InChI is InChI=1S/C17H27NO/c1-12(19)18-5-3-2-4-16(18)17-9-13-6-14(10-17)8-15(7-13)11-17/h13-16H,2-11H2,1H3/t13?,14?,15?,16-,17?/m1/s1. The van der Waals surface area contributed by atoms with Gasteiger partial charge in [0.2, 0.25) is 5.91 Å². The number of carbonyl (C=O) groups is 1. The Hall–Kier alpha value is -0.530. The largest absolute Gasteiger partial charge is 0.339 e. The minimum atomic E-state index is 0.334. The molecule has 4 saturated carbocycles. The summed E-state index contributed by atoms with van der Waals surface area (Å²) < 4.78 is 0. The van der Waals surface area contributed by atoms with Crippen molar-refractivity contribution in [3.63, 3.8) is 0 Å². The minimum Gasteiger partial charge on any atom is -0.339 e. The van der Waals surface area contributed by atoms with E-state index in [0.29, 0.717) is 17.4 Å². The van der Waals surface area contributed by atoms with E-state index in [1.807, 2.05) is 0 Å². The van der Waals surface area contributed by atoms with E-state index in [1.165, 1.54) is 57.8 Å². The fourth-order valence-corrected chi connectivity index (χ4v) is 6.53. The molecule has 1 atom stereocenters. The number of hydrogen-bond acceptors (Lipinski definition) is 1. The molecule has 0 aromatic carbocycles. The molecule has 2 heteroatoms. The number of rotatable bonds is 1. The number of nitrogens with zero attached hydrogens (tertiary/aromatic N) is 1. The fourth-order valence-electron chi connectivity index (χ4n) is 6.53. The molecule has 4 bridgehead atoms. The summed E-state index contributed by atoms with van der Waals surface area (Å²) in [6, 6.07) is 0.590. The molecule has 0 aromatic rings. The molecule has 1 heterocycles. The van der Waals surface area contributed by atoms with E-state index in [0.717, 1.165) is 24.3 Å². The zero-order valence-corrected chi connectivity index (χ0v) is 12.2. The minimum absolute atomic E-state index is 0.334. The zero-order chi connectivity index (χ0) is 13.0. The van der Waals surface area contributed by atoms with Gasteiger partial charge < -0.3 is 4.90 Å². The molecule has 5 aliphatic rings. The van der Waals surface area contributed by atoms with Gasteiger partial charge in [-0.3, -0.25) is 4.79 Å². The highest BCUT2D eigenvalue weighted by Gasteiger charge is 2.55. The van der Waals surface area contributed by atoms with E-state index in [4.69, 9.17) is 0 Å². The van der Waals surface area contributed by atoms with E-state index < -0.39 is 0 Å². The number of hydrogen-bond donors (Lipinski definition) is 0. The van der Waals surface area contributed by atoms with Gasteiger partial charge in [-0.25, -0.2) is 0 Å². The topological polar surface area (TPSA) is 20.3 Å². The average Bonchev–Trinajstić information content (AvgIpc) is 2.37. The Bertz CT molecular complexity index is 353. The third-order valence-corrected chi connectivity index (χ3v) is 6.70. The van der Waals surface area contributed by atoms with Gasteiger partial charge in [-0.05, 0) is 81.0 Å². The second-order valence-corrected chi connectivity index (χ2v) is 8.00. The highest BCUT2D eigenvalue weighted by atomic mass is 16.2. The first-order valence-corrected chi connectivity index (χ1v) is 8.43. The van der Waals surface area contributed by atoms with Gasteiger partial charge in [0.25, 0.3) is 0 Å². The Labute approximate surface area is 116 Å². The Balaban J connectivity index is 1.64. The van der Waals surface area contributed by atoms with Crippen molar-refractivity contribution in [1.29, 1.82) is 0 Å². The van der Waals surface area contributed by atoms with Gasteiger partial charge in [0, 0.05) is 19.5 Å². The summed E-state index contributed by atoms with van der Waals surface area (Å²) in [4.78, 5) is 14.3. The van der Waals surface area contributed by atoms with Crippen LogP contribution in [0.1, 0.15) is 64.7 Å². The van der Waals surface area contributed by atoms with Gasteiger partial charge in [0.15, 0.2) is 0 Å². The van der Waals surface area contributed by atoms with Crippen LogP contribution < -0.4 is 0 Å². The lowest BCUT2D eigenvalue weighted by Crippen LogP contribution is -2.59. The first-order valence-electron chi connectivity index (χ1n) is 8.43. The molecular formula is C17H27NO. The Morgan fingerprint density at radius 1 is 1.00 bits per heavy atom. The molecule has 19 heavy (non-hydrogen) atoms. The molecule has 4 aliphatic carbocycles. The van der Waals surface area contributed by atoms with E-state index in [9.17, 15) is 4.79 Å². The van der Waals surface area contributed by atoms with Crippen molar-refractivity contribution in [2.24, 2.45) is 23.2 Å². The number of carbonyl (C=O) groups excluding carboxylic acids is 1. The van der Waals surface area contributed by atoms with Crippen LogP contribution in [0, 0.1) is 23.2 Å². The highest BCUT2D eigenvalue weighted by molar-refractivity contribution is 5.73. The molecule has 0 aromatic heterocycles. The highest BCUT2D eigenvalue weighted by Crippen LogP contribution is 2.62. The van der Waals surface area contributed by atoms with E-state index in [2.05, 4.69) is 4.90 Å². The first kappa shape index (κ1) is 12.2. The third-order valence-electron chi connectivity index (χ3n) is 6.70. The molecule has 106 valence electrons. The van der Waals surface area contributed by atoms with Crippen molar-refractivity contribution in [3.05, 3.63) is 0 Å². The maximum atomic E-state index is 12.0. The van der Waals surface area contributed by atoms with Crippen LogP contribution in [-0.2, 0) is 4.79 Å². The summed E-state index contributed by atoms with van der Waals surface area (Å²) in [6.45, 7) is 2.82. The summed E-state index contributed by atoms with van der Waals surface area (Å²) in [5.74, 6) is 3.34. The maximum Gasteiger partial charge on any atom is 0.219 e. The van der Waals surface area contributed by atoms with Crippen LogP contribution in [-0.4, -0.2) is 23.4 Å². The van der Waals surface area contributed by atoms with Gasteiger partial charge in [-0.1, -0.05) is 0 Å². The van der Waals surface area contributed by atoms with Crippen LogP contribution in [0.15, 0.2) is 0 Å². The molecule has 5 rings (SSSR count). The van der Waals surface area contributed by atoms with Crippen molar-refractivity contribution in [2.75, 3.05) is 6.54 Å². The van der Waals surface area contributed by atoms with Crippen molar-refractivity contribution in [2.45, 2.75) is 70.8 Å². The summed E-state index contributed by atoms with van der Waals surface area (Å²) in [6.07, 6.45) is 12.7. The lowest BCUT2D eigenvalue weighted by atomic mass is 9.47. The van der Waals surface area contributed by atoms with E-state index >= 15 is 0 Å². The molecule has 1 aliphatic heterocycles. The zero-order valence-electron chi connectivity index (χ0n) is 12.2. The van der Waals surface area contributed by atoms with Gasteiger partial charge >= 0.3 is 0 Å². The molecule has 0 unspecified atom stereocenters. The summed E-state index contributed by atoms with van der Waals surface area (Å²) in [5.41, 5.74) is 0.529. The number of amides is 1. The maximum absolute atomic E-state index is 12.0. The predicted octanol–water partition coefficient (Wildman–Crippen LogP) is 3.60.